The van der Waals surface area contributed by atoms with Gasteiger partial charge in [-0.1, -0.05) is 19.1 Å². The van der Waals surface area contributed by atoms with E-state index in [-0.39, 0.29) is 0 Å². The second-order valence-electron chi connectivity index (χ2n) is 3.77. The molecule has 1 aromatic rings. The Hall–Kier alpha value is -2.04. The molecule has 0 saturated carbocycles. The summed E-state index contributed by atoms with van der Waals surface area (Å²) in [5.41, 5.74) is 1.66. The molecule has 17 heavy (non-hydrogen) atoms. The molecule has 0 saturated heterocycles. The van der Waals surface area contributed by atoms with Crippen molar-refractivity contribution in [2.75, 3.05) is 5.32 Å². The summed E-state index contributed by atoms with van der Waals surface area (Å²) in [6.07, 6.45) is 0.344. The van der Waals surface area contributed by atoms with Crippen LogP contribution in [0, 0.1) is 6.92 Å². The van der Waals surface area contributed by atoms with Crippen molar-refractivity contribution in [1.29, 1.82) is 0 Å². The van der Waals surface area contributed by atoms with E-state index in [0.717, 1.165) is 5.56 Å². The highest BCUT2D eigenvalue weighted by molar-refractivity contribution is 5.92. The lowest BCUT2D eigenvalue weighted by Crippen LogP contribution is -2.42. The normalized spacial score (nSPS) is 11.6. The Morgan fingerprint density at radius 3 is 2.65 bits per heavy atom. The summed E-state index contributed by atoms with van der Waals surface area (Å²) in [6.45, 7) is 3.61. The predicted molar refractivity (Wildman–Crippen MR) is 65.0 cm³/mol. The number of urea groups is 1. The molecule has 5 nitrogen and oxygen atoms in total. The number of amides is 2. The third kappa shape index (κ3) is 4.14. The molecule has 5 heteroatoms. The molecular weight excluding hydrogens is 220 g/mol. The summed E-state index contributed by atoms with van der Waals surface area (Å²) in [6, 6.07) is 5.91. The first-order valence-electron chi connectivity index (χ1n) is 5.40. The number of benzene rings is 1. The van der Waals surface area contributed by atoms with E-state index >= 15 is 0 Å². The molecule has 1 atom stereocenters. The molecule has 92 valence electrons. The van der Waals surface area contributed by atoms with Crippen LogP contribution in [0.25, 0.3) is 0 Å². The molecule has 0 aliphatic carbocycles. The minimum Gasteiger partial charge on any atom is -0.480 e. The van der Waals surface area contributed by atoms with E-state index in [1.54, 1.807) is 19.1 Å². The Balaban J connectivity index is 2.58. The van der Waals surface area contributed by atoms with Crippen molar-refractivity contribution >= 4 is 17.7 Å². The fourth-order valence-electron chi connectivity index (χ4n) is 1.39. The lowest BCUT2D eigenvalue weighted by molar-refractivity contribution is -0.139. The number of hydrogen-bond donors (Lipinski definition) is 3. The molecular formula is C12H16N2O3. The van der Waals surface area contributed by atoms with Crippen LogP contribution in [0.3, 0.4) is 0 Å². The van der Waals surface area contributed by atoms with Crippen molar-refractivity contribution in [2.45, 2.75) is 26.3 Å². The van der Waals surface area contributed by atoms with Gasteiger partial charge < -0.3 is 15.7 Å². The van der Waals surface area contributed by atoms with Gasteiger partial charge in [0.15, 0.2) is 0 Å². The van der Waals surface area contributed by atoms with Gasteiger partial charge in [0.1, 0.15) is 6.04 Å². The van der Waals surface area contributed by atoms with Gasteiger partial charge in [0, 0.05) is 5.69 Å². The van der Waals surface area contributed by atoms with E-state index in [0.29, 0.717) is 12.1 Å². The zero-order valence-corrected chi connectivity index (χ0v) is 9.86. The third-order valence-electron chi connectivity index (χ3n) is 2.29. The first-order valence-corrected chi connectivity index (χ1v) is 5.40. The van der Waals surface area contributed by atoms with Crippen molar-refractivity contribution in [1.82, 2.24) is 5.32 Å². The number of hydrogen-bond acceptors (Lipinski definition) is 2. The Kier molecular flexibility index (Phi) is 4.51. The van der Waals surface area contributed by atoms with Gasteiger partial charge in [-0.25, -0.2) is 9.59 Å². The number of carboxylic acids is 1. The smallest absolute Gasteiger partial charge is 0.326 e. The molecule has 0 fully saturated rings. The fourth-order valence-corrected chi connectivity index (χ4v) is 1.39. The largest absolute Gasteiger partial charge is 0.480 e. The fraction of sp³-hybridized carbons (Fsp3) is 0.333. The maximum atomic E-state index is 11.5. The highest BCUT2D eigenvalue weighted by atomic mass is 16.4. The summed E-state index contributed by atoms with van der Waals surface area (Å²) in [5, 5.41) is 13.8. The van der Waals surface area contributed by atoms with Gasteiger partial charge in [-0.3, -0.25) is 0 Å². The molecule has 3 N–H and O–H groups in total. The summed E-state index contributed by atoms with van der Waals surface area (Å²) in [7, 11) is 0. The second-order valence-corrected chi connectivity index (χ2v) is 3.77. The number of aliphatic carboxylic acids is 1. The first-order chi connectivity index (χ1) is 8.02. The van der Waals surface area contributed by atoms with E-state index in [9.17, 15) is 9.59 Å². The standard InChI is InChI=1S/C12H16N2O3/c1-3-10(11(15)16)14-12(17)13-9-6-4-5-8(2)7-9/h4-7,10H,3H2,1-2H3,(H,15,16)(H2,13,14,17)/t10-/m1/s1. The molecule has 0 heterocycles. The molecule has 0 bridgehead atoms. The van der Waals surface area contributed by atoms with Gasteiger partial charge in [-0.15, -0.1) is 0 Å². The number of rotatable bonds is 4. The van der Waals surface area contributed by atoms with E-state index in [1.807, 2.05) is 19.1 Å². The van der Waals surface area contributed by atoms with Crippen molar-refractivity contribution in [2.24, 2.45) is 0 Å². The molecule has 0 radical (unpaired) electrons. The maximum absolute atomic E-state index is 11.5. The molecule has 0 unspecified atom stereocenters. The van der Waals surface area contributed by atoms with E-state index < -0.39 is 18.0 Å². The average molecular weight is 236 g/mol. The Labute approximate surface area is 99.8 Å². The lowest BCUT2D eigenvalue weighted by atomic mass is 10.2. The van der Waals surface area contributed by atoms with Crippen molar-refractivity contribution < 1.29 is 14.7 Å². The minimum atomic E-state index is -1.04. The van der Waals surface area contributed by atoms with Crippen LogP contribution in [0.15, 0.2) is 24.3 Å². The summed E-state index contributed by atoms with van der Waals surface area (Å²) < 4.78 is 0. The minimum absolute atomic E-state index is 0.344. The van der Waals surface area contributed by atoms with Crippen LogP contribution in [0.5, 0.6) is 0 Å². The van der Waals surface area contributed by atoms with E-state index in [4.69, 9.17) is 5.11 Å². The Morgan fingerprint density at radius 1 is 1.41 bits per heavy atom. The van der Waals surface area contributed by atoms with Crippen LogP contribution in [0.1, 0.15) is 18.9 Å². The van der Waals surface area contributed by atoms with Gasteiger partial charge in [0.25, 0.3) is 0 Å². The highest BCUT2D eigenvalue weighted by Crippen LogP contribution is 2.09. The van der Waals surface area contributed by atoms with Crippen LogP contribution in [-0.2, 0) is 4.79 Å². The summed E-state index contributed by atoms with van der Waals surface area (Å²) in [4.78, 5) is 22.2. The Morgan fingerprint density at radius 2 is 2.12 bits per heavy atom. The number of carboxylic acid groups (broad SMARTS) is 1. The number of carbonyl (C=O) groups is 2. The first kappa shape index (κ1) is 13.0. The quantitative estimate of drug-likeness (QED) is 0.748. The zero-order valence-electron chi connectivity index (χ0n) is 9.86. The molecule has 1 rings (SSSR count). The Bertz CT molecular complexity index is 418. The van der Waals surface area contributed by atoms with Crippen LogP contribution in [0.2, 0.25) is 0 Å². The molecule has 0 aliphatic heterocycles. The van der Waals surface area contributed by atoms with Gasteiger partial charge >= 0.3 is 12.0 Å². The van der Waals surface area contributed by atoms with Crippen molar-refractivity contribution in [3.05, 3.63) is 29.8 Å². The van der Waals surface area contributed by atoms with Gasteiger partial charge in [-0.05, 0) is 31.0 Å². The van der Waals surface area contributed by atoms with Crippen molar-refractivity contribution in [3.63, 3.8) is 0 Å². The number of nitrogens with one attached hydrogen (secondary N) is 2. The van der Waals surface area contributed by atoms with Crippen LogP contribution in [-0.4, -0.2) is 23.1 Å². The number of anilines is 1. The SMILES string of the molecule is CC[C@@H](NC(=O)Nc1cccc(C)c1)C(=O)O. The third-order valence-corrected chi connectivity index (χ3v) is 2.29. The number of carbonyl (C=O) groups excluding carboxylic acids is 1. The lowest BCUT2D eigenvalue weighted by Gasteiger charge is -2.13. The molecule has 0 aromatic heterocycles. The van der Waals surface area contributed by atoms with Crippen LogP contribution < -0.4 is 10.6 Å². The number of aryl methyl sites for hydroxylation is 1. The topological polar surface area (TPSA) is 78.4 Å². The monoisotopic (exact) mass is 236 g/mol. The molecule has 0 spiro atoms. The van der Waals surface area contributed by atoms with Crippen LogP contribution >= 0.6 is 0 Å². The second kappa shape index (κ2) is 5.89. The van der Waals surface area contributed by atoms with Crippen LogP contribution in [0.4, 0.5) is 10.5 Å². The maximum Gasteiger partial charge on any atom is 0.326 e. The molecule has 1 aromatic carbocycles. The van der Waals surface area contributed by atoms with Gasteiger partial charge in [0.05, 0.1) is 0 Å². The predicted octanol–water partition coefficient (Wildman–Crippen LogP) is 1.98. The molecule has 0 aliphatic rings. The van der Waals surface area contributed by atoms with Gasteiger partial charge in [0.2, 0.25) is 0 Å². The van der Waals surface area contributed by atoms with Gasteiger partial charge in [-0.2, -0.15) is 0 Å². The molecule has 2 amide bonds. The summed E-state index contributed by atoms with van der Waals surface area (Å²) >= 11 is 0. The van der Waals surface area contributed by atoms with E-state index in [2.05, 4.69) is 10.6 Å². The summed E-state index contributed by atoms with van der Waals surface area (Å²) in [5.74, 6) is -1.04. The van der Waals surface area contributed by atoms with E-state index in [1.165, 1.54) is 0 Å². The van der Waals surface area contributed by atoms with Crippen molar-refractivity contribution in [3.8, 4) is 0 Å². The highest BCUT2D eigenvalue weighted by Gasteiger charge is 2.17. The zero-order chi connectivity index (χ0) is 12.8. The average Bonchev–Trinajstić information content (AvgIpc) is 2.25.